The lowest BCUT2D eigenvalue weighted by Crippen LogP contribution is -2.46. The van der Waals surface area contributed by atoms with E-state index in [2.05, 4.69) is 128 Å². The van der Waals surface area contributed by atoms with Crippen molar-refractivity contribution >= 4 is 52.8 Å². The van der Waals surface area contributed by atoms with Crippen molar-refractivity contribution in [3.63, 3.8) is 0 Å². The molecule has 0 fully saturated rings. The van der Waals surface area contributed by atoms with E-state index in [0.717, 1.165) is 66.0 Å². The normalized spacial score (nSPS) is 15.5. The molecule has 4 aromatic rings. The van der Waals surface area contributed by atoms with Crippen molar-refractivity contribution in [1.29, 1.82) is 0 Å². The first-order valence-electron chi connectivity index (χ1n) is 23.2. The first-order chi connectivity index (χ1) is 30.3. The molecular formula is C50H73N11O3. The Labute approximate surface area is 381 Å². The zero-order valence-corrected chi connectivity index (χ0v) is 41.3. The average molecular weight is 876 g/mol. The predicted octanol–water partition coefficient (Wildman–Crippen LogP) is 9.56. The predicted molar refractivity (Wildman–Crippen MR) is 260 cm³/mol. The molecule has 4 heterocycles. The number of anilines is 6. The van der Waals surface area contributed by atoms with Crippen LogP contribution in [-0.2, 0) is 9.59 Å². The molecule has 2 aliphatic rings. The lowest BCUT2D eigenvalue weighted by Gasteiger charge is -2.29. The van der Waals surface area contributed by atoms with E-state index in [1.54, 1.807) is 9.80 Å². The number of nitrogens with one attached hydrogen (secondary N) is 2. The van der Waals surface area contributed by atoms with Gasteiger partial charge in [-0.2, -0.15) is 9.97 Å². The van der Waals surface area contributed by atoms with Crippen molar-refractivity contribution in [2.45, 2.75) is 167 Å². The van der Waals surface area contributed by atoms with Crippen LogP contribution < -0.4 is 36.0 Å². The number of hydrogen-bond acceptors (Lipinski definition) is 10. The van der Waals surface area contributed by atoms with E-state index in [1.165, 1.54) is 22.3 Å². The highest BCUT2D eigenvalue weighted by molar-refractivity contribution is 6.06. The summed E-state index contributed by atoms with van der Waals surface area (Å²) >= 11 is 0. The number of nitrogens with two attached hydrogens (primary N) is 1. The van der Waals surface area contributed by atoms with Crippen molar-refractivity contribution in [3.8, 4) is 0 Å². The highest BCUT2D eigenvalue weighted by Gasteiger charge is 2.45. The fourth-order valence-electron chi connectivity index (χ4n) is 9.74. The Balaban J connectivity index is 0.000000245. The number of carbonyl (C=O) groups excluding carboxylic acids is 3. The van der Waals surface area contributed by atoms with Crippen LogP contribution in [0.15, 0.2) is 24.3 Å². The second kappa shape index (κ2) is 20.5. The molecule has 4 amide bonds. The largest absolute Gasteiger partial charge is 0.336 e. The molecule has 14 heteroatoms. The van der Waals surface area contributed by atoms with Gasteiger partial charge in [-0.05, 0) is 131 Å². The Bertz CT molecular complexity index is 2330. The van der Waals surface area contributed by atoms with Crippen LogP contribution in [0.3, 0.4) is 0 Å². The molecule has 0 radical (unpaired) electrons. The Morgan fingerprint density at radius 1 is 0.625 bits per heavy atom. The fraction of sp³-hybridized carbons (Fsp3) is 0.540. The minimum absolute atomic E-state index is 0.0127. The number of urea groups is 1. The van der Waals surface area contributed by atoms with E-state index in [0.29, 0.717) is 41.3 Å². The first-order valence-corrected chi connectivity index (χ1v) is 23.2. The first kappa shape index (κ1) is 49.4. The molecular weight excluding hydrogens is 803 g/mol. The lowest BCUT2D eigenvalue weighted by atomic mass is 10.0. The molecule has 2 atom stereocenters. The topological polar surface area (TPSA) is 166 Å². The molecule has 4 N–H and O–H groups in total. The van der Waals surface area contributed by atoms with Crippen molar-refractivity contribution in [3.05, 3.63) is 80.2 Å². The van der Waals surface area contributed by atoms with Gasteiger partial charge in [0, 0.05) is 53.7 Å². The Morgan fingerprint density at radius 3 is 1.38 bits per heavy atom. The Hall–Kier alpha value is -5.63. The number of carbonyl (C=O) groups is 3. The van der Waals surface area contributed by atoms with Gasteiger partial charge >= 0.3 is 6.03 Å². The third-order valence-electron chi connectivity index (χ3n) is 12.5. The van der Waals surface area contributed by atoms with Gasteiger partial charge in [0.15, 0.2) is 0 Å². The molecule has 6 rings (SSSR count). The summed E-state index contributed by atoms with van der Waals surface area (Å²) < 4.78 is 0. The van der Waals surface area contributed by atoms with Crippen LogP contribution in [0.2, 0.25) is 0 Å². The van der Waals surface area contributed by atoms with E-state index in [1.807, 2.05) is 27.7 Å². The van der Waals surface area contributed by atoms with Crippen molar-refractivity contribution < 1.29 is 14.4 Å². The Kier molecular flexibility index (Phi) is 15.8. The number of amides is 4. The smallest absolute Gasteiger partial charge is 0.315 e. The third kappa shape index (κ3) is 9.57. The number of nitrogens with zero attached hydrogens (tertiary/aromatic N) is 8. The molecule has 346 valence electrons. The summed E-state index contributed by atoms with van der Waals surface area (Å²) in [6.45, 7) is 34.2. The second-order valence-corrected chi connectivity index (χ2v) is 17.7. The van der Waals surface area contributed by atoms with Gasteiger partial charge in [-0.1, -0.05) is 63.1 Å². The monoisotopic (exact) mass is 876 g/mol. The van der Waals surface area contributed by atoms with Crippen LogP contribution in [-0.4, -0.2) is 69.0 Å². The molecule has 0 spiro atoms. The molecule has 2 aromatic heterocycles. The van der Waals surface area contributed by atoms with Gasteiger partial charge in [0.2, 0.25) is 17.8 Å². The number of aromatic nitrogens is 4. The van der Waals surface area contributed by atoms with Gasteiger partial charge in [-0.25, -0.2) is 14.8 Å². The maximum absolute atomic E-state index is 13.7. The second-order valence-electron chi connectivity index (χ2n) is 17.7. The number of hydrogen-bond donors (Lipinski definition) is 3. The number of aryl methyl sites for hydroxylation is 8. The summed E-state index contributed by atoms with van der Waals surface area (Å²) in [4.78, 5) is 66.5. The standard InChI is InChI=1S/C27H40N6O2.C23H33N5O/c1-10-20(11-2)33-24-21(22(25(33)34)30-27(35)28-15(4)5)19(9)29-26(31-24)32(12-3)23-17(7)13-16(6)14-18(23)8;1-8-17(9-2)28-21-18(19(24)22(28)29)16(7)25-23(26-21)27(10-3)20-14(5)11-13(4)12-15(20)6/h13-15,20,22H,10-12H2,1-9H3,(H2,28,30,35);11-12,17,19H,8-10,24H2,1-7H3. The van der Waals surface area contributed by atoms with Gasteiger partial charge in [0.1, 0.15) is 23.7 Å². The van der Waals surface area contributed by atoms with Crippen molar-refractivity contribution in [2.75, 3.05) is 32.7 Å². The van der Waals surface area contributed by atoms with Crippen LogP contribution in [0.5, 0.6) is 0 Å². The van der Waals surface area contributed by atoms with Crippen LogP contribution >= 0.6 is 0 Å². The zero-order valence-electron chi connectivity index (χ0n) is 41.3. The molecule has 2 aliphatic heterocycles. The summed E-state index contributed by atoms with van der Waals surface area (Å²) in [5, 5.41) is 5.69. The van der Waals surface area contributed by atoms with Crippen LogP contribution in [0, 0.1) is 55.4 Å². The molecule has 0 saturated heterocycles. The number of fused-ring (bicyclic) bond motifs is 2. The summed E-state index contributed by atoms with van der Waals surface area (Å²) in [5.41, 5.74) is 18.5. The zero-order chi connectivity index (χ0) is 47.5. The molecule has 0 bridgehead atoms. The van der Waals surface area contributed by atoms with E-state index in [9.17, 15) is 14.4 Å². The average Bonchev–Trinajstić information content (AvgIpc) is 3.63. The third-order valence-corrected chi connectivity index (χ3v) is 12.5. The SMILES string of the molecule is CCC(CC)N1C(=O)C(N)c2c(C)nc(N(CC)c3c(C)cc(C)cc3C)nc21.CCC(CC)N1C(=O)C(NC(=O)NC(C)C)c2c(C)nc(N(CC)c3c(C)cc(C)cc3C)nc21. The maximum Gasteiger partial charge on any atom is 0.315 e. The minimum Gasteiger partial charge on any atom is -0.336 e. The molecule has 64 heavy (non-hydrogen) atoms. The van der Waals surface area contributed by atoms with Gasteiger partial charge in [-0.15, -0.1) is 0 Å². The Morgan fingerprint density at radius 2 is 1.00 bits per heavy atom. The summed E-state index contributed by atoms with van der Waals surface area (Å²) in [6, 6.07) is 6.87. The minimum atomic E-state index is -0.809. The summed E-state index contributed by atoms with van der Waals surface area (Å²) in [6.07, 6.45) is 3.30. The van der Waals surface area contributed by atoms with E-state index in [4.69, 9.17) is 25.7 Å². The molecule has 0 saturated carbocycles. The molecule has 0 aliphatic carbocycles. The lowest BCUT2D eigenvalue weighted by molar-refractivity contribution is -0.120. The van der Waals surface area contributed by atoms with Gasteiger partial charge < -0.3 is 26.2 Å². The van der Waals surface area contributed by atoms with E-state index >= 15 is 0 Å². The summed E-state index contributed by atoms with van der Waals surface area (Å²) in [7, 11) is 0. The van der Waals surface area contributed by atoms with Gasteiger partial charge in [0.05, 0.1) is 11.4 Å². The van der Waals surface area contributed by atoms with Crippen molar-refractivity contribution in [1.82, 2.24) is 30.6 Å². The molecule has 2 unspecified atom stereocenters. The van der Waals surface area contributed by atoms with Crippen molar-refractivity contribution in [2.24, 2.45) is 5.73 Å². The molecule has 14 nitrogen and oxygen atoms in total. The highest BCUT2D eigenvalue weighted by Crippen LogP contribution is 2.42. The van der Waals surface area contributed by atoms with Crippen LogP contribution in [0.25, 0.3) is 0 Å². The van der Waals surface area contributed by atoms with Crippen LogP contribution in [0.4, 0.5) is 39.7 Å². The van der Waals surface area contributed by atoms with E-state index < -0.39 is 12.1 Å². The molecule has 2 aromatic carbocycles. The maximum atomic E-state index is 13.7. The fourth-order valence-corrected chi connectivity index (χ4v) is 9.74. The summed E-state index contributed by atoms with van der Waals surface area (Å²) in [5.74, 6) is 2.23. The van der Waals surface area contributed by atoms with Gasteiger partial charge in [0.25, 0.3) is 5.91 Å². The number of rotatable bonds is 14. The van der Waals surface area contributed by atoms with E-state index in [-0.39, 0.29) is 36.0 Å². The number of benzene rings is 2. The quantitative estimate of drug-likeness (QED) is 0.111. The highest BCUT2D eigenvalue weighted by atomic mass is 16.2. The van der Waals surface area contributed by atoms with Crippen LogP contribution in [0.1, 0.15) is 149 Å². The van der Waals surface area contributed by atoms with Gasteiger partial charge in [-0.3, -0.25) is 19.4 Å².